The van der Waals surface area contributed by atoms with Crippen LogP contribution in [0.15, 0.2) is 103 Å². The number of hydrogen-bond donors (Lipinski definition) is 10. The number of pyridine rings is 6. The molecule has 0 radical (unpaired) electrons. The highest BCUT2D eigenvalue weighted by molar-refractivity contribution is 7.22. The molecule has 12 aromatic rings. The Morgan fingerprint density at radius 2 is 0.770 bits per heavy atom. The van der Waals surface area contributed by atoms with Crippen LogP contribution in [0, 0.1) is 58.3 Å². The van der Waals surface area contributed by atoms with Crippen LogP contribution in [-0.2, 0) is 57.5 Å². The number of fused-ring (bicyclic) bond motifs is 8. The second-order valence-corrected chi connectivity index (χ2v) is 41.1. The van der Waals surface area contributed by atoms with E-state index in [1.54, 1.807) is 14.2 Å². The van der Waals surface area contributed by atoms with Gasteiger partial charge in [0, 0.05) is 207 Å². The minimum Gasteiger partial charge on any atom is -0.491 e. The standard InChI is InChI=1S/C26H33N5O2S.2C25H31N5O3S.C25H31N5O2S/c1-5-16-12-31(13-20(16)33-4)21-9-6-17-11-18(7-8-19(17)30-21)29-25(32)24-23(27)22-14(2)10-15(3)28-26(22)34-24;2*1-3-32-12-16-10-30(11-20(16)26)18-6-5-15-8-17(13-33-21(15)9-18)29-24(31)23-22(27)19-7-4-14(2)28-25(19)34-23;1-4-15-12-30(13-20(15)32-3)21-10-6-16-11-17(7-9-19(16)29-21)28-24(31)23-22(26)18-8-5-14(2)27-25(18)33-23/h6,9-10,16,18,20H,5,7-8,11-13,27H2,1-4H3,(H,29,32);2*4-7,9,16-17,20H,3,8,10-13,26-27H2,1-2H3,(H,29,31);5-6,8,10,15,17,20H,4,7,9,11-13,26H2,1-3H3,(H,28,31)/t16-,18-,20-;16-,17+,20-;16-,17-,20-;15-,17-,20-/m0010/s1. The number of anilines is 8. The number of nitrogen functional groups attached to an aromatic ring is 4. The Balaban J connectivity index is 0.000000125. The number of amides is 4. The molecule has 135 heavy (non-hydrogen) atoms. The number of carbonyl (C=O) groups excluding carboxylic acids is 4. The van der Waals surface area contributed by atoms with Crippen LogP contribution in [0.4, 0.5) is 45.8 Å². The molecule has 12 atom stereocenters. The number of nitrogens with two attached hydrogens (primary N) is 6. The zero-order chi connectivity index (χ0) is 94.7. The fourth-order valence-electron chi connectivity index (χ4n) is 20.0. The molecule has 0 bridgehead atoms. The molecule has 16 N–H and O–H groups in total. The molecule has 4 saturated heterocycles. The lowest BCUT2D eigenvalue weighted by molar-refractivity contribution is 0.0824. The number of rotatable bonds is 22. The van der Waals surface area contributed by atoms with Crippen molar-refractivity contribution in [3.8, 4) is 11.5 Å². The van der Waals surface area contributed by atoms with E-state index in [9.17, 15) is 19.2 Å². The SMILES string of the molecule is CCOC[C@@H]1CN(c2ccc3c(c2)OC[C@H](NC(=O)c2sc4nc(C)ccc4c2N)C3)C[C@@H]1N.CCOC[C@H]1CN(c2ccc3c(c2)OC[C@H](NC(=O)c2sc4nc(C)ccc4c2N)C3)C[C@H]1N.CC[C@H]1CN(c2ccc3c(n2)CC[C@H](NC(=O)c2sc4nc(C)cc(C)c4c2N)C3)C[C@@H]1OC.CC[C@H]1CN(c2ccc3c(n2)CC[C@H](NC(=O)c2sc4nc(C)ccc4c2N)C3)C[C@@H]1OC. The van der Waals surface area contributed by atoms with Crippen molar-refractivity contribution in [3.63, 3.8) is 0 Å². The zero-order valence-electron chi connectivity index (χ0n) is 78.9. The molecule has 8 aliphatic rings. The van der Waals surface area contributed by atoms with Crippen molar-refractivity contribution in [3.05, 3.63) is 185 Å². The average Bonchev–Trinajstić information content (AvgIpc) is 1.66. The summed E-state index contributed by atoms with van der Waals surface area (Å²) in [6, 6.07) is 34.8. The van der Waals surface area contributed by atoms with Gasteiger partial charge in [0.05, 0.1) is 60.3 Å². The van der Waals surface area contributed by atoms with Gasteiger partial charge in [0.2, 0.25) is 0 Å². The van der Waals surface area contributed by atoms with E-state index in [1.807, 2.05) is 90.9 Å². The minimum atomic E-state index is -0.182. The van der Waals surface area contributed by atoms with Crippen LogP contribution in [0.5, 0.6) is 11.5 Å². The van der Waals surface area contributed by atoms with Gasteiger partial charge in [-0.25, -0.2) is 29.9 Å². The number of methoxy groups -OCH3 is 2. The van der Waals surface area contributed by atoms with Gasteiger partial charge < -0.3 is 104 Å². The van der Waals surface area contributed by atoms with E-state index in [0.29, 0.717) is 118 Å². The molecule has 4 amide bonds. The fourth-order valence-corrected chi connectivity index (χ4v) is 24.2. The molecule has 34 heteroatoms. The molecule has 4 fully saturated rings. The number of carbonyl (C=O) groups is 4. The van der Waals surface area contributed by atoms with E-state index < -0.39 is 0 Å². The molecule has 30 nitrogen and oxygen atoms in total. The molecule has 0 saturated carbocycles. The molecular formula is C101H126N20O10S4. The van der Waals surface area contributed by atoms with Gasteiger partial charge in [0.25, 0.3) is 23.6 Å². The smallest absolute Gasteiger partial charge is 0.263 e. The second kappa shape index (κ2) is 41.8. The second-order valence-electron chi connectivity index (χ2n) is 37.1. The highest BCUT2D eigenvalue weighted by Gasteiger charge is 2.39. The Morgan fingerprint density at radius 1 is 0.407 bits per heavy atom. The van der Waals surface area contributed by atoms with Crippen LogP contribution in [-0.4, -0.2) is 208 Å². The van der Waals surface area contributed by atoms with Crippen molar-refractivity contribution >= 4 is 156 Å². The molecule has 0 unspecified atom stereocenters. The highest BCUT2D eigenvalue weighted by Crippen LogP contribution is 2.42. The number of nitrogens with one attached hydrogen (secondary N) is 4. The number of aryl methyl sites for hydroxylation is 7. The number of thiophene rings is 4. The molecule has 16 heterocycles. The Hall–Kier alpha value is -11.2. The predicted octanol–water partition coefficient (Wildman–Crippen LogP) is 13.2. The van der Waals surface area contributed by atoms with Crippen molar-refractivity contribution in [1.29, 1.82) is 0 Å². The maximum absolute atomic E-state index is 13.1. The Bertz CT molecular complexity index is 6150. The van der Waals surface area contributed by atoms with Gasteiger partial charge in [-0.1, -0.05) is 38.1 Å². The molecule has 10 aromatic heterocycles. The molecule has 20 rings (SSSR count). The largest absolute Gasteiger partial charge is 0.491 e. The lowest BCUT2D eigenvalue weighted by Crippen LogP contribution is -2.42. The number of hydrogen-bond acceptors (Lipinski definition) is 30. The van der Waals surface area contributed by atoms with Crippen molar-refractivity contribution in [2.75, 3.05) is 149 Å². The van der Waals surface area contributed by atoms with Gasteiger partial charge >= 0.3 is 0 Å². The third kappa shape index (κ3) is 21.1. The maximum atomic E-state index is 13.1. The van der Waals surface area contributed by atoms with E-state index in [4.69, 9.17) is 72.8 Å². The lowest BCUT2D eigenvalue weighted by Gasteiger charge is -2.28. The normalized spacial score (nSPS) is 22.2. The minimum absolute atomic E-state index is 0.0715. The van der Waals surface area contributed by atoms with Crippen LogP contribution >= 0.6 is 45.3 Å². The van der Waals surface area contributed by atoms with Crippen LogP contribution < -0.4 is 84.7 Å². The van der Waals surface area contributed by atoms with E-state index in [-0.39, 0.29) is 72.1 Å². The van der Waals surface area contributed by atoms with Crippen molar-refractivity contribution < 1.29 is 47.6 Å². The first kappa shape index (κ1) is 95.5. The van der Waals surface area contributed by atoms with Gasteiger partial charge in [-0.3, -0.25) is 19.2 Å². The quantitative estimate of drug-likeness (QED) is 0.0301. The Labute approximate surface area is 804 Å². The lowest BCUT2D eigenvalue weighted by atomic mass is 9.91. The van der Waals surface area contributed by atoms with Crippen LogP contribution in [0.25, 0.3) is 40.9 Å². The summed E-state index contributed by atoms with van der Waals surface area (Å²) in [6.45, 7) is 29.0. The number of benzene rings is 2. The van der Waals surface area contributed by atoms with E-state index in [2.05, 4.69) is 135 Å². The van der Waals surface area contributed by atoms with Crippen LogP contribution in [0.2, 0.25) is 0 Å². The van der Waals surface area contributed by atoms with E-state index in [0.717, 1.165) is 230 Å². The summed E-state index contributed by atoms with van der Waals surface area (Å²) in [4.78, 5) is 94.7. The van der Waals surface area contributed by atoms with Gasteiger partial charge in [0.1, 0.15) is 75.2 Å². The van der Waals surface area contributed by atoms with E-state index >= 15 is 0 Å². The summed E-state index contributed by atoms with van der Waals surface area (Å²) in [6.07, 6.45) is 9.20. The third-order valence-corrected chi connectivity index (χ3v) is 32.1. The van der Waals surface area contributed by atoms with Gasteiger partial charge in [-0.15, -0.1) is 45.3 Å². The summed E-state index contributed by atoms with van der Waals surface area (Å²) in [5, 5.41) is 16.0. The van der Waals surface area contributed by atoms with Gasteiger partial charge in [0.15, 0.2) is 0 Å². The maximum Gasteiger partial charge on any atom is 0.263 e. The first-order valence-corrected chi connectivity index (χ1v) is 50.5. The molecule has 2 aliphatic carbocycles. The fraction of sp³-hybridized carbons (Fsp3) is 0.465. The van der Waals surface area contributed by atoms with Crippen molar-refractivity contribution in [2.24, 2.45) is 35.1 Å². The molecular weight excluding hydrogens is 1780 g/mol. The molecule has 2 aromatic carbocycles. The molecule has 6 aliphatic heterocycles. The third-order valence-electron chi connectivity index (χ3n) is 27.7. The first-order valence-electron chi connectivity index (χ1n) is 47.3. The molecule has 714 valence electrons. The summed E-state index contributed by atoms with van der Waals surface area (Å²) in [5.41, 5.74) is 53.7. The van der Waals surface area contributed by atoms with Crippen molar-refractivity contribution in [2.45, 2.75) is 175 Å². The zero-order valence-corrected chi connectivity index (χ0v) is 82.1. The summed E-state index contributed by atoms with van der Waals surface area (Å²) >= 11 is 5.40. The average molecular weight is 1910 g/mol. The number of aromatic nitrogens is 6. The topological polar surface area (TPSA) is 418 Å². The van der Waals surface area contributed by atoms with Gasteiger partial charge in [-0.05, 0) is 207 Å². The summed E-state index contributed by atoms with van der Waals surface area (Å²) in [7, 11) is 3.60. The number of nitrogens with zero attached hydrogens (tertiary/aromatic N) is 10. The highest BCUT2D eigenvalue weighted by atomic mass is 32.1. The van der Waals surface area contributed by atoms with Crippen LogP contribution in [0.1, 0.15) is 154 Å². The molecule has 0 spiro atoms. The number of ether oxygens (including phenoxy) is 6. The summed E-state index contributed by atoms with van der Waals surface area (Å²) < 4.78 is 34.7. The van der Waals surface area contributed by atoms with E-state index in [1.165, 1.54) is 56.5 Å². The monoisotopic (exact) mass is 1910 g/mol. The first-order chi connectivity index (χ1) is 65.2. The van der Waals surface area contributed by atoms with Crippen molar-refractivity contribution in [1.82, 2.24) is 51.2 Å². The Morgan fingerprint density at radius 3 is 1.16 bits per heavy atom. The van der Waals surface area contributed by atoms with Crippen LogP contribution in [0.3, 0.4) is 0 Å². The van der Waals surface area contributed by atoms with Gasteiger partial charge in [-0.2, -0.15) is 0 Å². The predicted molar refractivity (Wildman–Crippen MR) is 543 cm³/mol. The summed E-state index contributed by atoms with van der Waals surface area (Å²) in [5.74, 6) is 4.98. The Kier molecular flexibility index (Phi) is 29.6.